The first kappa shape index (κ1) is 25.1. The van der Waals surface area contributed by atoms with Crippen molar-refractivity contribution in [2.24, 2.45) is 10.9 Å². The molecule has 0 bridgehead atoms. The van der Waals surface area contributed by atoms with Crippen molar-refractivity contribution in [2.45, 2.75) is 39.0 Å². The van der Waals surface area contributed by atoms with Crippen LogP contribution in [0.4, 0.5) is 0 Å². The smallest absolute Gasteiger partial charge is 0.191 e. The monoisotopic (exact) mass is 542 g/mol. The van der Waals surface area contributed by atoms with Gasteiger partial charge in [0.2, 0.25) is 0 Å². The molecule has 2 N–H and O–H groups in total. The van der Waals surface area contributed by atoms with E-state index in [9.17, 15) is 0 Å². The number of halogens is 1. The zero-order valence-corrected chi connectivity index (χ0v) is 21.4. The number of methoxy groups -OCH3 is 1. The Morgan fingerprint density at radius 1 is 1.20 bits per heavy atom. The minimum atomic E-state index is 0. The number of ether oxygens (including phenoxy) is 1. The number of aliphatic imine (C=N–C) groups is 1. The summed E-state index contributed by atoms with van der Waals surface area (Å²) in [6.45, 7) is 6.39. The second-order valence-electron chi connectivity index (χ2n) is 7.67. The number of hydrogen-bond acceptors (Lipinski definition) is 4. The van der Waals surface area contributed by atoms with Crippen molar-refractivity contribution in [1.82, 2.24) is 15.5 Å². The largest absolute Gasteiger partial charge is 0.380 e. The van der Waals surface area contributed by atoms with Crippen LogP contribution in [0.3, 0.4) is 0 Å². The van der Waals surface area contributed by atoms with Gasteiger partial charge in [0.15, 0.2) is 5.96 Å². The number of nitrogens with one attached hydrogen (secondary N) is 2. The van der Waals surface area contributed by atoms with Gasteiger partial charge in [-0.25, -0.2) is 4.99 Å². The van der Waals surface area contributed by atoms with Crippen LogP contribution in [-0.2, 0) is 17.9 Å². The first-order valence-corrected chi connectivity index (χ1v) is 11.4. The van der Waals surface area contributed by atoms with Gasteiger partial charge in [-0.2, -0.15) is 0 Å². The molecule has 2 heterocycles. The first-order valence-electron chi connectivity index (χ1n) is 10.5. The lowest BCUT2D eigenvalue weighted by Gasteiger charge is -2.39. The predicted molar refractivity (Wildman–Crippen MR) is 138 cm³/mol. The van der Waals surface area contributed by atoms with Crippen LogP contribution >= 0.6 is 35.3 Å². The van der Waals surface area contributed by atoms with E-state index < -0.39 is 0 Å². The van der Waals surface area contributed by atoms with Crippen molar-refractivity contribution >= 4 is 41.3 Å². The van der Waals surface area contributed by atoms with E-state index in [0.717, 1.165) is 19.0 Å². The van der Waals surface area contributed by atoms with Crippen molar-refractivity contribution in [2.75, 3.05) is 33.8 Å². The van der Waals surface area contributed by atoms with Crippen LogP contribution in [0, 0.1) is 5.92 Å². The predicted octanol–water partition coefficient (Wildman–Crippen LogP) is 4.65. The normalized spacial score (nSPS) is 19.9. The number of likely N-dealkylation sites (tertiary alicyclic amines) is 1. The van der Waals surface area contributed by atoms with Gasteiger partial charge >= 0.3 is 0 Å². The molecule has 2 unspecified atom stereocenters. The first-order chi connectivity index (χ1) is 14.2. The van der Waals surface area contributed by atoms with Crippen LogP contribution < -0.4 is 10.6 Å². The maximum Gasteiger partial charge on any atom is 0.191 e. The molecule has 0 aliphatic carbocycles. The molecule has 5 nitrogen and oxygen atoms in total. The highest BCUT2D eigenvalue weighted by Gasteiger charge is 2.31. The van der Waals surface area contributed by atoms with E-state index >= 15 is 0 Å². The number of guanidine groups is 1. The Balaban J connectivity index is 0.00000320. The molecule has 2 aromatic rings. The Bertz CT molecular complexity index is 751. The van der Waals surface area contributed by atoms with E-state index in [4.69, 9.17) is 9.73 Å². The average Bonchev–Trinajstić information content (AvgIpc) is 3.25. The van der Waals surface area contributed by atoms with Gasteiger partial charge in [0.1, 0.15) is 0 Å². The lowest BCUT2D eigenvalue weighted by Crippen LogP contribution is -2.44. The Labute approximate surface area is 202 Å². The minimum absolute atomic E-state index is 0. The molecular formula is C23H35IN4OS. The van der Waals surface area contributed by atoms with E-state index in [1.165, 1.54) is 35.4 Å². The summed E-state index contributed by atoms with van der Waals surface area (Å²) in [6, 6.07) is 13.4. The summed E-state index contributed by atoms with van der Waals surface area (Å²) in [5.74, 6) is 1.48. The maximum atomic E-state index is 5.18. The Morgan fingerprint density at radius 2 is 1.97 bits per heavy atom. The molecule has 7 heteroatoms. The zero-order chi connectivity index (χ0) is 20.5. The van der Waals surface area contributed by atoms with E-state index in [1.54, 1.807) is 7.11 Å². The SMILES string of the molecule is CCNC(=NCc1ccc(COC)cc1)NCC1CCCN(C)C1c1cccs1.I. The molecule has 1 saturated heterocycles. The summed E-state index contributed by atoms with van der Waals surface area (Å²) in [5, 5.41) is 9.18. The molecular weight excluding hydrogens is 507 g/mol. The minimum Gasteiger partial charge on any atom is -0.380 e. The summed E-state index contributed by atoms with van der Waals surface area (Å²) in [5.41, 5.74) is 2.39. The number of piperidine rings is 1. The maximum absolute atomic E-state index is 5.18. The van der Waals surface area contributed by atoms with Gasteiger partial charge in [-0.05, 0) is 61.8 Å². The molecule has 1 aliphatic rings. The molecule has 166 valence electrons. The number of hydrogen-bond donors (Lipinski definition) is 2. The van der Waals surface area contributed by atoms with Gasteiger partial charge in [-0.1, -0.05) is 30.3 Å². The van der Waals surface area contributed by atoms with Crippen LogP contribution in [0.15, 0.2) is 46.8 Å². The van der Waals surface area contributed by atoms with Crippen LogP contribution in [0.1, 0.15) is 41.8 Å². The lowest BCUT2D eigenvalue weighted by atomic mass is 9.88. The summed E-state index contributed by atoms with van der Waals surface area (Å²) >= 11 is 1.87. The zero-order valence-electron chi connectivity index (χ0n) is 18.3. The number of thiophene rings is 1. The van der Waals surface area contributed by atoms with Crippen LogP contribution in [0.2, 0.25) is 0 Å². The van der Waals surface area contributed by atoms with Gasteiger partial charge in [0.05, 0.1) is 13.2 Å². The molecule has 3 rings (SSSR count). The van der Waals surface area contributed by atoms with E-state index in [2.05, 4.69) is 71.3 Å². The highest BCUT2D eigenvalue weighted by atomic mass is 127. The second-order valence-corrected chi connectivity index (χ2v) is 8.65. The highest BCUT2D eigenvalue weighted by molar-refractivity contribution is 14.0. The van der Waals surface area contributed by atoms with Crippen molar-refractivity contribution in [1.29, 1.82) is 0 Å². The van der Waals surface area contributed by atoms with Gasteiger partial charge in [0.25, 0.3) is 0 Å². The molecule has 0 saturated carbocycles. The summed E-state index contributed by atoms with van der Waals surface area (Å²) in [6.07, 6.45) is 2.51. The quantitative estimate of drug-likeness (QED) is 0.290. The third-order valence-electron chi connectivity index (χ3n) is 5.47. The molecule has 0 spiro atoms. The molecule has 1 aromatic heterocycles. The molecule has 0 radical (unpaired) electrons. The van der Waals surface area contributed by atoms with Gasteiger partial charge in [-0.15, -0.1) is 35.3 Å². The molecule has 1 aromatic carbocycles. The topological polar surface area (TPSA) is 48.9 Å². The Hall–Kier alpha value is -1.16. The number of benzene rings is 1. The lowest BCUT2D eigenvalue weighted by molar-refractivity contribution is 0.125. The molecule has 0 amide bonds. The highest BCUT2D eigenvalue weighted by Crippen LogP contribution is 2.36. The van der Waals surface area contributed by atoms with Crippen molar-refractivity contribution in [3.05, 3.63) is 57.8 Å². The van der Waals surface area contributed by atoms with E-state index in [0.29, 0.717) is 25.1 Å². The molecule has 2 atom stereocenters. The number of rotatable bonds is 8. The van der Waals surface area contributed by atoms with Crippen molar-refractivity contribution in [3.63, 3.8) is 0 Å². The molecule has 1 aliphatic heterocycles. The third-order valence-corrected chi connectivity index (χ3v) is 6.41. The fraction of sp³-hybridized carbons (Fsp3) is 0.522. The van der Waals surface area contributed by atoms with Crippen molar-refractivity contribution < 1.29 is 4.74 Å². The number of nitrogens with zero attached hydrogens (tertiary/aromatic N) is 2. The fourth-order valence-electron chi connectivity index (χ4n) is 4.03. The average molecular weight is 543 g/mol. The van der Waals surface area contributed by atoms with Gasteiger partial charge in [-0.3, -0.25) is 4.90 Å². The molecule has 30 heavy (non-hydrogen) atoms. The summed E-state index contributed by atoms with van der Waals surface area (Å²) in [7, 11) is 3.97. The third kappa shape index (κ3) is 7.21. The fourth-order valence-corrected chi connectivity index (χ4v) is 5.01. The molecule has 1 fully saturated rings. The summed E-state index contributed by atoms with van der Waals surface area (Å²) in [4.78, 5) is 8.78. The second kappa shape index (κ2) is 13.3. The van der Waals surface area contributed by atoms with Crippen LogP contribution in [0.25, 0.3) is 0 Å². The van der Waals surface area contributed by atoms with E-state index in [-0.39, 0.29) is 24.0 Å². The van der Waals surface area contributed by atoms with Crippen molar-refractivity contribution in [3.8, 4) is 0 Å². The Morgan fingerprint density at radius 3 is 2.63 bits per heavy atom. The Kier molecular flexibility index (Phi) is 11.1. The standard InChI is InChI=1S/C23H34N4OS.HI/c1-4-24-23(25-15-18-9-11-19(12-10-18)17-28-3)26-16-20-7-5-13-27(2)22(20)21-8-6-14-29-21;/h6,8-12,14,20,22H,4-5,7,13,15-17H2,1-3H3,(H2,24,25,26);1H. The van der Waals surface area contributed by atoms with Gasteiger partial charge < -0.3 is 15.4 Å². The van der Waals surface area contributed by atoms with E-state index in [1.807, 2.05) is 11.3 Å². The van der Waals surface area contributed by atoms with Crippen LogP contribution in [-0.4, -0.2) is 44.7 Å². The van der Waals surface area contributed by atoms with Gasteiger partial charge in [0, 0.05) is 31.1 Å². The summed E-state index contributed by atoms with van der Waals surface area (Å²) < 4.78 is 5.18. The van der Waals surface area contributed by atoms with Crippen LogP contribution in [0.5, 0.6) is 0 Å².